The molecule has 0 radical (unpaired) electrons. The zero-order valence-corrected chi connectivity index (χ0v) is 17.1. The van der Waals surface area contributed by atoms with Gasteiger partial charge in [0.25, 0.3) is 0 Å². The molecule has 2 aromatic rings. The monoisotopic (exact) mass is 416 g/mol. The lowest BCUT2D eigenvalue weighted by atomic mass is 10.0. The number of nitrogens with zero attached hydrogens (tertiary/aromatic N) is 1. The van der Waals surface area contributed by atoms with Crippen LogP contribution < -0.4 is 4.72 Å². The largest absolute Gasteiger partial charge is 0.347 e. The number of benzene rings is 2. The third kappa shape index (κ3) is 4.20. The maximum Gasteiger partial charge on any atom is 0.301 e. The minimum atomic E-state index is -3.82. The first-order chi connectivity index (χ1) is 13.9. The van der Waals surface area contributed by atoms with E-state index in [9.17, 15) is 13.2 Å². The smallest absolute Gasteiger partial charge is 0.301 e. The van der Waals surface area contributed by atoms with E-state index in [1.165, 1.54) is 11.2 Å². The summed E-state index contributed by atoms with van der Waals surface area (Å²) in [6, 6.07) is 14.8. The molecule has 2 saturated heterocycles. The zero-order valence-electron chi connectivity index (χ0n) is 16.3. The minimum absolute atomic E-state index is 0.201. The third-order valence-corrected chi connectivity index (χ3v) is 6.91. The van der Waals surface area contributed by atoms with Crippen LogP contribution in [0.5, 0.6) is 0 Å². The molecule has 29 heavy (non-hydrogen) atoms. The minimum Gasteiger partial charge on any atom is -0.347 e. The van der Waals surface area contributed by atoms with E-state index >= 15 is 0 Å². The molecular formula is C21H24N2O5S. The van der Waals surface area contributed by atoms with Crippen molar-refractivity contribution in [2.45, 2.75) is 25.6 Å². The van der Waals surface area contributed by atoms with Crippen LogP contribution in [0.2, 0.25) is 0 Å². The summed E-state index contributed by atoms with van der Waals surface area (Å²) in [4.78, 5) is 12.1. The van der Waals surface area contributed by atoms with Crippen LogP contribution in [-0.4, -0.2) is 50.6 Å². The predicted molar refractivity (Wildman–Crippen MR) is 110 cm³/mol. The molecule has 0 aromatic heterocycles. The molecule has 2 fully saturated rings. The first kappa shape index (κ1) is 20.0. The molecule has 0 aliphatic carbocycles. The highest BCUT2D eigenvalue weighted by molar-refractivity contribution is 7.90. The van der Waals surface area contributed by atoms with Crippen LogP contribution in [0.1, 0.15) is 30.1 Å². The third-order valence-electron chi connectivity index (χ3n) is 5.38. The summed E-state index contributed by atoms with van der Waals surface area (Å²) >= 11 is 0. The summed E-state index contributed by atoms with van der Waals surface area (Å²) in [6.45, 7) is 3.10. The number of nitrogens with one attached hydrogen (secondary N) is 1. The summed E-state index contributed by atoms with van der Waals surface area (Å²) in [5.74, 6) is -0.850. The Morgan fingerprint density at radius 1 is 1.00 bits per heavy atom. The van der Waals surface area contributed by atoms with Gasteiger partial charge in [0, 0.05) is 31.5 Å². The number of piperidine rings is 1. The van der Waals surface area contributed by atoms with E-state index in [2.05, 4.69) is 4.72 Å². The Balaban J connectivity index is 1.58. The first-order valence-electron chi connectivity index (χ1n) is 9.65. The second-order valence-corrected chi connectivity index (χ2v) is 8.97. The van der Waals surface area contributed by atoms with E-state index in [0.717, 1.165) is 11.1 Å². The number of Topliss-reactive ketones (excluding diaryl/α,β-unsaturated/α-hetero) is 1. The molecule has 2 aromatic carbocycles. The summed E-state index contributed by atoms with van der Waals surface area (Å²) in [6.07, 6.45) is 0.967. The van der Waals surface area contributed by atoms with Crippen molar-refractivity contribution in [1.29, 1.82) is 0 Å². The molecule has 0 unspecified atom stereocenters. The van der Waals surface area contributed by atoms with Gasteiger partial charge in [0.15, 0.2) is 11.6 Å². The van der Waals surface area contributed by atoms with Crippen molar-refractivity contribution in [3.05, 3.63) is 54.1 Å². The molecule has 4 rings (SSSR count). The van der Waals surface area contributed by atoms with Gasteiger partial charge in [-0.25, -0.2) is 0 Å². The molecule has 2 aliphatic rings. The van der Waals surface area contributed by atoms with Gasteiger partial charge < -0.3 is 9.47 Å². The molecule has 2 heterocycles. The molecule has 0 bridgehead atoms. The van der Waals surface area contributed by atoms with Crippen molar-refractivity contribution >= 4 is 21.7 Å². The predicted octanol–water partition coefficient (Wildman–Crippen LogP) is 3.05. The molecule has 154 valence electrons. The van der Waals surface area contributed by atoms with Gasteiger partial charge in [0.1, 0.15) is 0 Å². The maximum absolute atomic E-state index is 13.0. The first-order valence-corrected chi connectivity index (χ1v) is 11.1. The highest BCUT2D eigenvalue weighted by Crippen LogP contribution is 2.33. The Morgan fingerprint density at radius 2 is 1.66 bits per heavy atom. The van der Waals surface area contributed by atoms with E-state index in [4.69, 9.17) is 9.47 Å². The average Bonchev–Trinajstić information content (AvgIpc) is 3.16. The van der Waals surface area contributed by atoms with Crippen LogP contribution in [0.3, 0.4) is 0 Å². The summed E-state index contributed by atoms with van der Waals surface area (Å²) in [7, 11) is -3.82. The number of carbonyl (C=O) groups excluding carboxylic acids is 1. The molecule has 0 saturated carbocycles. The Hall–Kier alpha value is -2.26. The molecular weight excluding hydrogens is 392 g/mol. The van der Waals surface area contributed by atoms with Gasteiger partial charge in [-0.2, -0.15) is 12.7 Å². The van der Waals surface area contributed by atoms with Crippen molar-refractivity contribution < 1.29 is 22.7 Å². The number of carbonyl (C=O) groups is 1. The lowest BCUT2D eigenvalue weighted by molar-refractivity contribution is -0.179. The van der Waals surface area contributed by atoms with Crippen LogP contribution in [0.25, 0.3) is 11.1 Å². The Labute approximate surface area is 170 Å². The fraction of sp³-hybridized carbons (Fsp3) is 0.381. The normalized spacial score (nSPS) is 19.3. The Kier molecular flexibility index (Phi) is 5.44. The molecule has 0 amide bonds. The number of hydrogen-bond donors (Lipinski definition) is 1. The van der Waals surface area contributed by atoms with Crippen molar-refractivity contribution in [2.24, 2.45) is 0 Å². The summed E-state index contributed by atoms with van der Waals surface area (Å²) in [5.41, 5.74) is 2.40. The summed E-state index contributed by atoms with van der Waals surface area (Å²) < 4.78 is 41.3. The standard InChI is InChI=1S/C21H24N2O5S/c1-16(24)19-8-7-18(17-5-3-2-4-6-17)15-20(19)22-29(25,26)23-11-9-21(10-12-23)27-13-14-28-21/h2-8,15,22H,9-14H2,1H3. The van der Waals surface area contributed by atoms with E-state index in [0.29, 0.717) is 44.7 Å². The van der Waals surface area contributed by atoms with E-state index < -0.39 is 16.0 Å². The van der Waals surface area contributed by atoms with Gasteiger partial charge in [-0.05, 0) is 30.2 Å². The fourth-order valence-electron chi connectivity index (χ4n) is 3.80. The molecule has 0 atom stereocenters. The number of ketones is 1. The van der Waals surface area contributed by atoms with Crippen LogP contribution in [0.4, 0.5) is 5.69 Å². The topological polar surface area (TPSA) is 84.9 Å². The highest BCUT2D eigenvalue weighted by Gasteiger charge is 2.42. The van der Waals surface area contributed by atoms with Gasteiger partial charge in [0.2, 0.25) is 0 Å². The number of anilines is 1. The average molecular weight is 416 g/mol. The number of ether oxygens (including phenoxy) is 2. The van der Waals surface area contributed by atoms with Crippen LogP contribution in [-0.2, 0) is 19.7 Å². The maximum atomic E-state index is 13.0. The van der Waals surface area contributed by atoms with E-state index in [-0.39, 0.29) is 11.5 Å². The molecule has 2 aliphatic heterocycles. The Bertz CT molecular complexity index is 991. The number of hydrogen-bond acceptors (Lipinski definition) is 5. The van der Waals surface area contributed by atoms with Crippen LogP contribution in [0, 0.1) is 0 Å². The van der Waals surface area contributed by atoms with Crippen LogP contribution >= 0.6 is 0 Å². The van der Waals surface area contributed by atoms with Gasteiger partial charge in [-0.3, -0.25) is 9.52 Å². The van der Waals surface area contributed by atoms with Gasteiger partial charge in [-0.1, -0.05) is 36.4 Å². The second kappa shape index (κ2) is 7.87. The number of rotatable bonds is 5. The van der Waals surface area contributed by atoms with Crippen molar-refractivity contribution in [3.63, 3.8) is 0 Å². The van der Waals surface area contributed by atoms with Crippen molar-refractivity contribution in [3.8, 4) is 11.1 Å². The van der Waals surface area contributed by atoms with Crippen molar-refractivity contribution in [2.75, 3.05) is 31.0 Å². The van der Waals surface area contributed by atoms with Crippen molar-refractivity contribution in [1.82, 2.24) is 4.31 Å². The SMILES string of the molecule is CC(=O)c1ccc(-c2ccccc2)cc1NS(=O)(=O)N1CCC2(CC1)OCCO2. The zero-order chi connectivity index (χ0) is 20.5. The molecule has 1 spiro atoms. The molecule has 8 heteroatoms. The Morgan fingerprint density at radius 3 is 2.28 bits per heavy atom. The van der Waals surface area contributed by atoms with Gasteiger partial charge in [-0.15, -0.1) is 0 Å². The quantitative estimate of drug-likeness (QED) is 0.758. The van der Waals surface area contributed by atoms with E-state index in [1.807, 2.05) is 36.4 Å². The summed E-state index contributed by atoms with van der Waals surface area (Å²) in [5, 5.41) is 0. The molecule has 1 N–H and O–H groups in total. The highest BCUT2D eigenvalue weighted by atomic mass is 32.2. The lowest BCUT2D eigenvalue weighted by Crippen LogP contribution is -2.48. The van der Waals surface area contributed by atoms with Gasteiger partial charge >= 0.3 is 10.2 Å². The fourth-order valence-corrected chi connectivity index (χ4v) is 5.04. The van der Waals surface area contributed by atoms with Gasteiger partial charge in [0.05, 0.1) is 18.9 Å². The molecule has 7 nitrogen and oxygen atoms in total. The second-order valence-electron chi connectivity index (χ2n) is 7.30. The van der Waals surface area contributed by atoms with Crippen LogP contribution in [0.15, 0.2) is 48.5 Å². The lowest BCUT2D eigenvalue weighted by Gasteiger charge is -2.36. The van der Waals surface area contributed by atoms with E-state index in [1.54, 1.807) is 12.1 Å².